The topological polar surface area (TPSA) is 184 Å². The van der Waals surface area contributed by atoms with Gasteiger partial charge in [0.25, 0.3) is 0 Å². The lowest BCUT2D eigenvalue weighted by Gasteiger charge is -2.34. The Morgan fingerprint density at radius 1 is 0.582 bits per heavy atom. The number of rotatable bonds is 16. The molecule has 2 fully saturated rings. The van der Waals surface area contributed by atoms with E-state index in [9.17, 15) is 19.2 Å². The lowest BCUT2D eigenvalue weighted by Crippen LogP contribution is -2.50. The molecule has 308 valence electrons. The summed E-state index contributed by atoms with van der Waals surface area (Å²) in [5.41, 5.74) is 1.39. The second kappa shape index (κ2) is 25.1. The normalized spacial score (nSPS) is 14.1. The molecule has 0 radical (unpaired) electrons. The Balaban J connectivity index is 0.000000315. The Hall–Kier alpha value is -5.00. The summed E-state index contributed by atoms with van der Waals surface area (Å²) in [7, 11) is 9.11. The average Bonchev–Trinajstić information content (AvgIpc) is 3.18. The fraction of sp³-hybridized carbons (Fsp3) is 0.579. The molecular formula is C38H58N4O13. The molecule has 0 saturated carbocycles. The molecule has 0 atom stereocenters. The highest BCUT2D eigenvalue weighted by atomic mass is 16.5. The van der Waals surface area contributed by atoms with Gasteiger partial charge in [0.2, 0.25) is 17.4 Å². The molecule has 2 saturated heterocycles. The monoisotopic (exact) mass is 778 g/mol. The fourth-order valence-electron chi connectivity index (χ4n) is 5.74. The number of carbonyl (C=O) groups excluding carboxylic acids is 3. The van der Waals surface area contributed by atoms with Gasteiger partial charge in [-0.3, -0.25) is 29.0 Å². The quantitative estimate of drug-likeness (QED) is 0.235. The maximum absolute atomic E-state index is 12.7. The summed E-state index contributed by atoms with van der Waals surface area (Å²) in [6, 6.07) is 6.82. The molecule has 0 aliphatic carbocycles. The average molecular weight is 779 g/mol. The number of ether oxygens (including phenoxy) is 8. The number of benzene rings is 2. The van der Waals surface area contributed by atoms with Crippen LogP contribution >= 0.6 is 0 Å². The molecular weight excluding hydrogens is 720 g/mol. The van der Waals surface area contributed by atoms with Crippen LogP contribution in [0.25, 0.3) is 0 Å². The van der Waals surface area contributed by atoms with Crippen molar-refractivity contribution in [2.45, 2.75) is 26.7 Å². The van der Waals surface area contributed by atoms with Crippen LogP contribution in [0.3, 0.4) is 0 Å². The highest BCUT2D eigenvalue weighted by Gasteiger charge is 2.24. The van der Waals surface area contributed by atoms with Gasteiger partial charge in [0.05, 0.1) is 81.8 Å². The number of carboxylic acid groups (broad SMARTS) is 1. The minimum Gasteiger partial charge on any atom is -0.493 e. The Bertz CT molecular complexity index is 1460. The summed E-state index contributed by atoms with van der Waals surface area (Å²) in [5.74, 6) is 1.71. The number of amides is 1. The molecule has 2 aliphatic heterocycles. The number of nitrogens with zero attached hydrogens (tertiary/aromatic N) is 3. The largest absolute Gasteiger partial charge is 0.493 e. The Morgan fingerprint density at radius 2 is 0.964 bits per heavy atom. The van der Waals surface area contributed by atoms with Gasteiger partial charge in [-0.25, -0.2) is 0 Å². The van der Waals surface area contributed by atoms with E-state index < -0.39 is 5.97 Å². The van der Waals surface area contributed by atoms with Crippen molar-refractivity contribution in [2.24, 2.45) is 0 Å². The van der Waals surface area contributed by atoms with Crippen molar-refractivity contribution < 1.29 is 62.2 Å². The highest BCUT2D eigenvalue weighted by molar-refractivity contribution is 5.79. The minimum atomic E-state index is -0.908. The van der Waals surface area contributed by atoms with Crippen LogP contribution in [-0.4, -0.2) is 165 Å². The molecule has 0 unspecified atom stereocenters. The van der Waals surface area contributed by atoms with Gasteiger partial charge in [-0.15, -0.1) is 0 Å². The van der Waals surface area contributed by atoms with Crippen molar-refractivity contribution in [2.75, 3.05) is 121 Å². The third kappa shape index (κ3) is 15.7. The van der Waals surface area contributed by atoms with Crippen molar-refractivity contribution in [3.8, 4) is 34.5 Å². The molecule has 0 bridgehead atoms. The predicted octanol–water partition coefficient (Wildman–Crippen LogP) is 1.76. The molecule has 2 N–H and O–H groups in total. The number of carbonyl (C=O) groups is 4. The van der Waals surface area contributed by atoms with Crippen LogP contribution in [0.15, 0.2) is 24.3 Å². The van der Waals surface area contributed by atoms with E-state index in [1.165, 1.54) is 21.3 Å². The van der Waals surface area contributed by atoms with Crippen LogP contribution < -0.4 is 33.7 Å². The first-order valence-corrected chi connectivity index (χ1v) is 18.0. The van der Waals surface area contributed by atoms with Crippen molar-refractivity contribution in [3.05, 3.63) is 35.4 Å². The summed E-state index contributed by atoms with van der Waals surface area (Å²) < 4.78 is 41.1. The molecule has 55 heavy (non-hydrogen) atoms. The number of piperazine rings is 2. The number of carboxylic acids is 1. The molecule has 2 aromatic carbocycles. The standard InChI is InChI=1S/C19H28N2O6.C11H14O5.C8H16N2O2/c1-5-27-18(23)13-20-6-8-21(9-7-20)17(22)12-14-10-15(24-2)19(26-4)16(11-14)25-3;1-14-8-4-7(6-10(12)13)5-9(15-2)11(8)16-3;1-2-12-8(11)7-10-5-3-9-4-6-10/h10-11H,5-9,12-13H2,1-4H3;4-5H,6H2,1-3H3,(H,12,13);9H,2-7H2,1H3. The molecule has 4 rings (SSSR count). The van der Waals surface area contributed by atoms with E-state index in [1.54, 1.807) is 52.5 Å². The number of hydrogen-bond donors (Lipinski definition) is 2. The zero-order valence-electron chi connectivity index (χ0n) is 33.4. The van der Waals surface area contributed by atoms with E-state index >= 15 is 0 Å². The first kappa shape index (κ1) is 46.2. The first-order valence-electron chi connectivity index (χ1n) is 18.0. The molecule has 0 spiro atoms. The zero-order valence-corrected chi connectivity index (χ0v) is 33.4. The summed E-state index contributed by atoms with van der Waals surface area (Å²) >= 11 is 0. The van der Waals surface area contributed by atoms with E-state index in [2.05, 4.69) is 10.2 Å². The van der Waals surface area contributed by atoms with E-state index in [0.717, 1.165) is 31.7 Å². The van der Waals surface area contributed by atoms with Gasteiger partial charge < -0.3 is 53.2 Å². The van der Waals surface area contributed by atoms with E-state index in [1.807, 2.05) is 16.7 Å². The van der Waals surface area contributed by atoms with Crippen LogP contribution in [0.2, 0.25) is 0 Å². The van der Waals surface area contributed by atoms with Gasteiger partial charge in [-0.05, 0) is 49.2 Å². The van der Waals surface area contributed by atoms with Crippen LogP contribution in [0.1, 0.15) is 25.0 Å². The maximum Gasteiger partial charge on any atom is 0.320 e. The van der Waals surface area contributed by atoms with Gasteiger partial charge in [0, 0.05) is 52.4 Å². The molecule has 1 amide bonds. The molecule has 2 heterocycles. The number of hydrogen-bond acceptors (Lipinski definition) is 15. The zero-order chi connectivity index (χ0) is 40.8. The van der Waals surface area contributed by atoms with Crippen LogP contribution in [0.4, 0.5) is 0 Å². The first-order chi connectivity index (χ1) is 26.5. The minimum absolute atomic E-state index is 0.0278. The van der Waals surface area contributed by atoms with Crippen LogP contribution in [0.5, 0.6) is 34.5 Å². The summed E-state index contributed by atoms with van der Waals surface area (Å²) in [6.45, 7) is 11.5. The van der Waals surface area contributed by atoms with Gasteiger partial charge in [0.15, 0.2) is 23.0 Å². The van der Waals surface area contributed by atoms with Crippen molar-refractivity contribution in [1.82, 2.24) is 20.0 Å². The van der Waals surface area contributed by atoms with E-state index in [4.69, 9.17) is 43.0 Å². The summed E-state index contributed by atoms with van der Waals surface area (Å²) in [6.07, 6.45) is 0.158. The number of methoxy groups -OCH3 is 6. The third-order valence-electron chi connectivity index (χ3n) is 8.41. The molecule has 2 aliphatic rings. The van der Waals surface area contributed by atoms with Gasteiger partial charge >= 0.3 is 17.9 Å². The van der Waals surface area contributed by atoms with Crippen LogP contribution in [-0.2, 0) is 41.5 Å². The molecule has 2 aromatic rings. The van der Waals surface area contributed by atoms with Gasteiger partial charge in [-0.2, -0.15) is 0 Å². The fourth-order valence-corrected chi connectivity index (χ4v) is 5.74. The van der Waals surface area contributed by atoms with Crippen molar-refractivity contribution in [1.29, 1.82) is 0 Å². The van der Waals surface area contributed by atoms with Crippen molar-refractivity contribution in [3.63, 3.8) is 0 Å². The van der Waals surface area contributed by atoms with Gasteiger partial charge in [0.1, 0.15) is 0 Å². The second-order valence-corrected chi connectivity index (χ2v) is 12.1. The Labute approximate surface area is 323 Å². The smallest absolute Gasteiger partial charge is 0.320 e. The number of nitrogens with one attached hydrogen (secondary N) is 1. The number of aliphatic carboxylic acids is 1. The maximum atomic E-state index is 12.7. The SMILES string of the molecule is CCOC(=O)CN1CCN(C(=O)Cc2cc(OC)c(OC)c(OC)c2)CC1.CCOC(=O)CN1CCNCC1.COc1cc(CC(=O)O)cc(OC)c1OC. The summed E-state index contributed by atoms with van der Waals surface area (Å²) in [4.78, 5) is 51.8. The second-order valence-electron chi connectivity index (χ2n) is 12.1. The molecule has 17 heteroatoms. The summed E-state index contributed by atoms with van der Waals surface area (Å²) in [5, 5.41) is 11.9. The van der Waals surface area contributed by atoms with Crippen molar-refractivity contribution >= 4 is 23.8 Å². The van der Waals surface area contributed by atoms with E-state index in [0.29, 0.717) is 86.0 Å². The van der Waals surface area contributed by atoms with E-state index in [-0.39, 0.29) is 37.2 Å². The molecule has 17 nitrogen and oxygen atoms in total. The number of esters is 2. The molecule has 0 aromatic heterocycles. The highest BCUT2D eigenvalue weighted by Crippen LogP contribution is 2.39. The van der Waals surface area contributed by atoms with Crippen LogP contribution in [0, 0.1) is 0 Å². The van der Waals surface area contributed by atoms with Gasteiger partial charge in [-0.1, -0.05) is 0 Å². The third-order valence-corrected chi connectivity index (χ3v) is 8.41. The predicted molar refractivity (Wildman–Crippen MR) is 203 cm³/mol. The Morgan fingerprint density at radius 3 is 1.31 bits per heavy atom. The Kier molecular flexibility index (Phi) is 21.1. The lowest BCUT2D eigenvalue weighted by molar-refractivity contribution is -0.146. The lowest BCUT2D eigenvalue weighted by atomic mass is 10.1.